The number of nitrogens with one attached hydrogen (secondary N) is 1. The summed E-state index contributed by atoms with van der Waals surface area (Å²) in [6.45, 7) is 7.00. The van der Waals surface area contributed by atoms with Crippen molar-refractivity contribution in [3.8, 4) is 5.75 Å². The monoisotopic (exact) mass is 373 g/mol. The number of aliphatic hydroxyl groups is 1. The highest BCUT2D eigenvalue weighted by molar-refractivity contribution is 5.85. The van der Waals surface area contributed by atoms with E-state index in [1.54, 1.807) is 14.2 Å². The number of rotatable bonds is 7. The molecule has 0 saturated carbocycles. The quantitative estimate of drug-likeness (QED) is 0.768. The van der Waals surface area contributed by atoms with Crippen molar-refractivity contribution in [3.05, 3.63) is 29.3 Å². The van der Waals surface area contributed by atoms with Crippen LogP contribution in [0.5, 0.6) is 5.75 Å². The molecule has 25 heavy (non-hydrogen) atoms. The zero-order valence-electron chi connectivity index (χ0n) is 15.9. The fourth-order valence-corrected chi connectivity index (χ4v) is 2.99. The molecule has 1 aliphatic carbocycles. The van der Waals surface area contributed by atoms with Crippen LogP contribution in [0.3, 0.4) is 0 Å². The molecular formula is C19H32ClNO4. The predicted molar refractivity (Wildman–Crippen MR) is 102 cm³/mol. The van der Waals surface area contributed by atoms with Gasteiger partial charge in [-0.05, 0) is 32.4 Å². The van der Waals surface area contributed by atoms with Crippen LogP contribution in [-0.2, 0) is 22.3 Å². The molecule has 0 saturated heterocycles. The molecule has 2 rings (SSSR count). The number of methoxy groups -OCH3 is 2. The number of hydrogen-bond acceptors (Lipinski definition) is 5. The second-order valence-electron chi connectivity index (χ2n) is 7.45. The van der Waals surface area contributed by atoms with Crippen LogP contribution in [0.25, 0.3) is 0 Å². The summed E-state index contributed by atoms with van der Waals surface area (Å²) >= 11 is 0. The Morgan fingerprint density at radius 1 is 1.16 bits per heavy atom. The van der Waals surface area contributed by atoms with Gasteiger partial charge in [-0.1, -0.05) is 12.1 Å². The van der Waals surface area contributed by atoms with Gasteiger partial charge in [0, 0.05) is 44.7 Å². The third-order valence-electron chi connectivity index (χ3n) is 4.38. The van der Waals surface area contributed by atoms with Crippen LogP contribution < -0.4 is 10.1 Å². The second-order valence-corrected chi connectivity index (χ2v) is 7.45. The van der Waals surface area contributed by atoms with E-state index in [0.717, 1.165) is 24.2 Å². The van der Waals surface area contributed by atoms with Crippen molar-refractivity contribution in [2.24, 2.45) is 0 Å². The lowest BCUT2D eigenvalue weighted by atomic mass is 9.87. The molecule has 0 spiro atoms. The van der Waals surface area contributed by atoms with Gasteiger partial charge in [-0.2, -0.15) is 0 Å². The molecule has 0 radical (unpaired) electrons. The summed E-state index contributed by atoms with van der Waals surface area (Å²) in [6.07, 6.45) is 1.12. The number of hydrogen-bond donors (Lipinski definition) is 2. The molecule has 1 aromatic rings. The van der Waals surface area contributed by atoms with Gasteiger partial charge < -0.3 is 24.6 Å². The molecule has 1 unspecified atom stereocenters. The Kier molecular flexibility index (Phi) is 8.64. The largest absolute Gasteiger partial charge is 0.491 e. The lowest BCUT2D eigenvalue weighted by Crippen LogP contribution is -2.42. The lowest BCUT2D eigenvalue weighted by Gasteiger charge is -2.32. The predicted octanol–water partition coefficient (Wildman–Crippen LogP) is 2.36. The third kappa shape index (κ3) is 6.42. The smallest absolute Gasteiger partial charge is 0.123 e. The topological polar surface area (TPSA) is 60.0 Å². The fourth-order valence-electron chi connectivity index (χ4n) is 2.99. The first-order valence-corrected chi connectivity index (χ1v) is 8.56. The maximum absolute atomic E-state index is 10.1. The van der Waals surface area contributed by atoms with Gasteiger partial charge in [-0.3, -0.25) is 0 Å². The summed E-state index contributed by atoms with van der Waals surface area (Å²) in [5.74, 6) is 0.832. The summed E-state index contributed by atoms with van der Waals surface area (Å²) in [7, 11) is 3.44. The van der Waals surface area contributed by atoms with Gasteiger partial charge in [0.25, 0.3) is 0 Å². The minimum absolute atomic E-state index is 0. The molecule has 0 heterocycles. The molecule has 6 heteroatoms. The van der Waals surface area contributed by atoms with Gasteiger partial charge in [-0.25, -0.2) is 0 Å². The van der Waals surface area contributed by atoms with Crippen LogP contribution in [0.1, 0.15) is 31.9 Å². The minimum Gasteiger partial charge on any atom is -0.491 e. The normalized spacial score (nSPS) is 21.2. The standard InChI is InChI=1S/C19H31NO4.ClH/c1-19(2,3)20-11-14(21)12-24-16-8-6-7-13-9-17(22-4)18(23-5)10-15(13)16;/h6-8,14,17-18,20-21H,9-12H2,1-5H3;1H/t14?,17-,18+;/m0./s1. The Balaban J connectivity index is 0.00000312. The van der Waals surface area contributed by atoms with Crippen molar-refractivity contribution in [2.75, 3.05) is 27.4 Å². The van der Waals surface area contributed by atoms with Crippen LogP contribution >= 0.6 is 12.4 Å². The van der Waals surface area contributed by atoms with Crippen molar-refractivity contribution in [3.63, 3.8) is 0 Å². The molecule has 5 nitrogen and oxygen atoms in total. The fraction of sp³-hybridized carbons (Fsp3) is 0.684. The lowest BCUT2D eigenvalue weighted by molar-refractivity contribution is -0.0403. The van der Waals surface area contributed by atoms with E-state index in [0.29, 0.717) is 6.54 Å². The highest BCUT2D eigenvalue weighted by Gasteiger charge is 2.30. The first kappa shape index (κ1) is 22.2. The van der Waals surface area contributed by atoms with Crippen LogP contribution in [0.2, 0.25) is 0 Å². The maximum Gasteiger partial charge on any atom is 0.123 e. The highest BCUT2D eigenvalue weighted by atomic mass is 35.5. The van der Waals surface area contributed by atoms with Gasteiger partial charge in [0.05, 0.1) is 12.2 Å². The molecule has 0 amide bonds. The molecular weight excluding hydrogens is 342 g/mol. The second kappa shape index (κ2) is 9.74. The number of benzene rings is 1. The highest BCUT2D eigenvalue weighted by Crippen LogP contribution is 2.32. The molecule has 0 bridgehead atoms. The first-order valence-electron chi connectivity index (χ1n) is 8.56. The van der Waals surface area contributed by atoms with E-state index in [1.807, 2.05) is 12.1 Å². The van der Waals surface area contributed by atoms with Crippen molar-refractivity contribution < 1.29 is 19.3 Å². The number of ether oxygens (including phenoxy) is 3. The zero-order chi connectivity index (χ0) is 17.7. The van der Waals surface area contributed by atoms with Gasteiger partial charge in [0.2, 0.25) is 0 Å². The van der Waals surface area contributed by atoms with E-state index in [-0.39, 0.29) is 36.8 Å². The van der Waals surface area contributed by atoms with Crippen LogP contribution in [0.15, 0.2) is 18.2 Å². The summed E-state index contributed by atoms with van der Waals surface area (Å²) in [5, 5.41) is 13.4. The Labute approximate surface area is 157 Å². The average molecular weight is 374 g/mol. The Bertz CT molecular complexity index is 533. The molecule has 0 fully saturated rings. The van der Waals surface area contributed by atoms with Crippen LogP contribution in [-0.4, -0.2) is 56.3 Å². The molecule has 2 N–H and O–H groups in total. The summed E-state index contributed by atoms with van der Waals surface area (Å²) in [5.41, 5.74) is 2.37. The molecule has 0 aliphatic heterocycles. The van der Waals surface area contributed by atoms with Crippen LogP contribution in [0.4, 0.5) is 0 Å². The Hall–Kier alpha value is -0.850. The minimum atomic E-state index is -0.548. The van der Waals surface area contributed by atoms with Crippen molar-refractivity contribution in [1.29, 1.82) is 0 Å². The summed E-state index contributed by atoms with van der Waals surface area (Å²) in [6, 6.07) is 6.06. The van der Waals surface area contributed by atoms with Gasteiger partial charge in [-0.15, -0.1) is 12.4 Å². The van der Waals surface area contributed by atoms with Crippen molar-refractivity contribution >= 4 is 12.4 Å². The number of halogens is 1. The molecule has 144 valence electrons. The van der Waals surface area contributed by atoms with Gasteiger partial charge in [0.15, 0.2) is 0 Å². The van der Waals surface area contributed by atoms with E-state index in [9.17, 15) is 5.11 Å². The van der Waals surface area contributed by atoms with E-state index < -0.39 is 6.10 Å². The maximum atomic E-state index is 10.1. The van der Waals surface area contributed by atoms with Gasteiger partial charge >= 0.3 is 0 Å². The Morgan fingerprint density at radius 3 is 2.40 bits per heavy atom. The van der Waals surface area contributed by atoms with E-state index >= 15 is 0 Å². The first-order chi connectivity index (χ1) is 11.3. The third-order valence-corrected chi connectivity index (χ3v) is 4.38. The number of fused-ring (bicyclic) bond motifs is 1. The van der Waals surface area contributed by atoms with E-state index in [2.05, 4.69) is 32.2 Å². The van der Waals surface area contributed by atoms with E-state index in [4.69, 9.17) is 14.2 Å². The number of β-amino-alcohol motifs (C(OH)–C–C–N with tert-alkyl or cyclic N) is 1. The zero-order valence-corrected chi connectivity index (χ0v) is 16.7. The number of aliphatic hydroxyl groups excluding tert-OH is 1. The SMILES string of the molecule is CO[C@H]1Cc2cccc(OCC(O)CNC(C)(C)C)c2C[C@H]1OC.Cl. The molecule has 1 aliphatic rings. The van der Waals surface area contributed by atoms with E-state index in [1.165, 1.54) is 5.56 Å². The molecule has 0 aromatic heterocycles. The molecule has 3 atom stereocenters. The van der Waals surface area contributed by atoms with Crippen LogP contribution in [0, 0.1) is 0 Å². The van der Waals surface area contributed by atoms with Crippen molar-refractivity contribution in [2.45, 2.75) is 57.5 Å². The summed E-state index contributed by atoms with van der Waals surface area (Å²) in [4.78, 5) is 0. The average Bonchev–Trinajstić information content (AvgIpc) is 2.56. The summed E-state index contributed by atoms with van der Waals surface area (Å²) < 4.78 is 17.0. The molecule has 1 aromatic carbocycles. The van der Waals surface area contributed by atoms with Crippen molar-refractivity contribution in [1.82, 2.24) is 5.32 Å². The Morgan fingerprint density at radius 2 is 1.80 bits per heavy atom. The van der Waals surface area contributed by atoms with Gasteiger partial charge in [0.1, 0.15) is 18.5 Å².